The van der Waals surface area contributed by atoms with Gasteiger partial charge in [0, 0.05) is 12.2 Å². The lowest BCUT2D eigenvalue weighted by atomic mass is 10.1. The number of rotatable bonds is 7. The Balaban J connectivity index is 1.76. The molecule has 1 amide bonds. The molecule has 148 valence electrons. The first-order valence-electron chi connectivity index (χ1n) is 9.36. The first-order chi connectivity index (χ1) is 14.0. The smallest absolute Gasteiger partial charge is 0.262 e. The molecule has 6 nitrogen and oxygen atoms in total. The van der Waals surface area contributed by atoms with Crippen LogP contribution in [0.1, 0.15) is 19.4 Å². The highest BCUT2D eigenvalue weighted by molar-refractivity contribution is 7.99. The summed E-state index contributed by atoms with van der Waals surface area (Å²) in [5, 5.41) is 12.7. The van der Waals surface area contributed by atoms with Crippen molar-refractivity contribution in [2.24, 2.45) is 5.92 Å². The highest BCUT2D eigenvalue weighted by Crippen LogP contribution is 2.19. The van der Waals surface area contributed by atoms with Gasteiger partial charge in [0.2, 0.25) is 5.91 Å². The SMILES string of the molecule is CC(C)Cn1c(SCC(=O)Nc2ccc(CC#N)cc2)nc2ccccc2c1=O. The zero-order valence-electron chi connectivity index (χ0n) is 16.4. The average molecular weight is 407 g/mol. The Hall–Kier alpha value is -3.11. The first kappa shape index (κ1) is 20.6. The van der Waals surface area contributed by atoms with E-state index in [2.05, 4.69) is 16.4 Å². The molecule has 7 heteroatoms. The Morgan fingerprint density at radius 1 is 1.21 bits per heavy atom. The molecule has 0 spiro atoms. The molecule has 0 saturated carbocycles. The minimum atomic E-state index is -0.179. The second kappa shape index (κ2) is 9.39. The van der Waals surface area contributed by atoms with Crippen molar-refractivity contribution in [1.29, 1.82) is 5.26 Å². The summed E-state index contributed by atoms with van der Waals surface area (Å²) >= 11 is 1.25. The van der Waals surface area contributed by atoms with E-state index in [0.717, 1.165) is 5.56 Å². The van der Waals surface area contributed by atoms with Gasteiger partial charge in [-0.05, 0) is 35.7 Å². The van der Waals surface area contributed by atoms with Crippen LogP contribution < -0.4 is 10.9 Å². The Morgan fingerprint density at radius 3 is 2.62 bits per heavy atom. The van der Waals surface area contributed by atoms with E-state index in [-0.39, 0.29) is 23.1 Å². The number of carbonyl (C=O) groups excluding carboxylic acids is 1. The van der Waals surface area contributed by atoms with Crippen LogP contribution in [-0.4, -0.2) is 21.2 Å². The molecule has 3 aromatic rings. The third kappa shape index (κ3) is 5.24. The third-order valence-electron chi connectivity index (χ3n) is 4.23. The molecule has 0 aliphatic rings. The van der Waals surface area contributed by atoms with Crippen LogP contribution in [0.5, 0.6) is 0 Å². The fourth-order valence-corrected chi connectivity index (χ4v) is 3.72. The number of fused-ring (bicyclic) bond motifs is 1. The van der Waals surface area contributed by atoms with Crippen molar-refractivity contribution in [3.05, 3.63) is 64.4 Å². The summed E-state index contributed by atoms with van der Waals surface area (Å²) in [6.45, 7) is 4.62. The fourth-order valence-electron chi connectivity index (χ4n) is 2.91. The summed E-state index contributed by atoms with van der Waals surface area (Å²) in [5.41, 5.74) is 2.12. The Bertz CT molecular complexity index is 1110. The maximum absolute atomic E-state index is 12.9. The van der Waals surface area contributed by atoms with Crippen LogP contribution in [-0.2, 0) is 17.8 Å². The van der Waals surface area contributed by atoms with E-state index in [1.807, 2.05) is 44.2 Å². The normalized spacial score (nSPS) is 10.8. The monoisotopic (exact) mass is 406 g/mol. The summed E-state index contributed by atoms with van der Waals surface area (Å²) in [7, 11) is 0. The lowest BCUT2D eigenvalue weighted by Gasteiger charge is -2.15. The molecule has 0 aliphatic carbocycles. The average Bonchev–Trinajstić information content (AvgIpc) is 2.70. The predicted molar refractivity (Wildman–Crippen MR) is 116 cm³/mol. The fraction of sp³-hybridized carbons (Fsp3) is 0.273. The van der Waals surface area contributed by atoms with Crippen LogP contribution in [0.2, 0.25) is 0 Å². The summed E-state index contributed by atoms with van der Waals surface area (Å²) in [6, 6.07) is 16.5. The highest BCUT2D eigenvalue weighted by Gasteiger charge is 2.14. The van der Waals surface area contributed by atoms with E-state index in [0.29, 0.717) is 34.7 Å². The minimum Gasteiger partial charge on any atom is -0.325 e. The number of nitrogens with one attached hydrogen (secondary N) is 1. The summed E-state index contributed by atoms with van der Waals surface area (Å²) in [4.78, 5) is 29.9. The Kier molecular flexibility index (Phi) is 6.68. The van der Waals surface area contributed by atoms with Crippen LogP contribution in [0.15, 0.2) is 58.5 Å². The largest absolute Gasteiger partial charge is 0.325 e. The number of nitriles is 1. The lowest BCUT2D eigenvalue weighted by Crippen LogP contribution is -2.26. The van der Waals surface area contributed by atoms with Gasteiger partial charge in [0.1, 0.15) is 0 Å². The molecule has 0 radical (unpaired) electrons. The second-order valence-electron chi connectivity index (χ2n) is 7.09. The molecule has 1 N–H and O–H groups in total. The van der Waals surface area contributed by atoms with Crippen molar-refractivity contribution < 1.29 is 4.79 Å². The van der Waals surface area contributed by atoms with Gasteiger partial charge >= 0.3 is 0 Å². The number of anilines is 1. The highest BCUT2D eigenvalue weighted by atomic mass is 32.2. The minimum absolute atomic E-state index is 0.0831. The van der Waals surface area contributed by atoms with E-state index < -0.39 is 0 Å². The van der Waals surface area contributed by atoms with Gasteiger partial charge in [-0.3, -0.25) is 14.2 Å². The van der Waals surface area contributed by atoms with E-state index in [1.165, 1.54) is 11.8 Å². The van der Waals surface area contributed by atoms with E-state index in [4.69, 9.17) is 5.26 Å². The van der Waals surface area contributed by atoms with Crippen molar-refractivity contribution in [3.8, 4) is 6.07 Å². The van der Waals surface area contributed by atoms with Crippen LogP contribution >= 0.6 is 11.8 Å². The molecule has 0 fully saturated rings. The van der Waals surface area contributed by atoms with Crippen molar-refractivity contribution in [3.63, 3.8) is 0 Å². The maximum Gasteiger partial charge on any atom is 0.262 e. The molecule has 0 bridgehead atoms. The number of thioether (sulfide) groups is 1. The van der Waals surface area contributed by atoms with E-state index in [1.54, 1.807) is 22.8 Å². The molecule has 0 saturated heterocycles. The van der Waals surface area contributed by atoms with Gasteiger partial charge in [-0.25, -0.2) is 4.98 Å². The summed E-state index contributed by atoms with van der Waals surface area (Å²) < 4.78 is 1.65. The van der Waals surface area contributed by atoms with Gasteiger partial charge in [0.25, 0.3) is 5.56 Å². The molecule has 0 unspecified atom stereocenters. The molecular formula is C22H22N4O2S. The molecule has 2 aromatic carbocycles. The molecule has 29 heavy (non-hydrogen) atoms. The first-order valence-corrected chi connectivity index (χ1v) is 10.3. The molecular weight excluding hydrogens is 384 g/mol. The van der Waals surface area contributed by atoms with Crippen molar-refractivity contribution in [2.45, 2.75) is 32.0 Å². The van der Waals surface area contributed by atoms with Crippen LogP contribution in [0.3, 0.4) is 0 Å². The number of hydrogen-bond acceptors (Lipinski definition) is 5. The van der Waals surface area contributed by atoms with Gasteiger partial charge in [-0.1, -0.05) is 49.9 Å². The van der Waals surface area contributed by atoms with Crippen LogP contribution in [0, 0.1) is 17.2 Å². The molecule has 1 aromatic heterocycles. The number of hydrogen-bond donors (Lipinski definition) is 1. The summed E-state index contributed by atoms with van der Waals surface area (Å²) in [5.74, 6) is 0.236. The van der Waals surface area contributed by atoms with Crippen LogP contribution in [0.4, 0.5) is 5.69 Å². The molecule has 3 rings (SSSR count). The number of para-hydroxylation sites is 1. The van der Waals surface area contributed by atoms with Crippen molar-refractivity contribution in [2.75, 3.05) is 11.1 Å². The Labute approximate surface area is 173 Å². The Morgan fingerprint density at radius 2 is 1.93 bits per heavy atom. The van der Waals surface area contributed by atoms with Crippen molar-refractivity contribution >= 4 is 34.3 Å². The predicted octanol–water partition coefficient (Wildman–Crippen LogP) is 3.85. The van der Waals surface area contributed by atoms with Gasteiger partial charge in [0.05, 0.1) is 29.1 Å². The third-order valence-corrected chi connectivity index (χ3v) is 5.20. The topological polar surface area (TPSA) is 87.8 Å². The zero-order chi connectivity index (χ0) is 20.8. The molecule has 0 aliphatic heterocycles. The number of amides is 1. The van der Waals surface area contributed by atoms with Crippen LogP contribution in [0.25, 0.3) is 10.9 Å². The van der Waals surface area contributed by atoms with Gasteiger partial charge in [-0.15, -0.1) is 0 Å². The molecule has 1 heterocycles. The van der Waals surface area contributed by atoms with Gasteiger partial charge < -0.3 is 5.32 Å². The number of aromatic nitrogens is 2. The van der Waals surface area contributed by atoms with Crippen molar-refractivity contribution in [1.82, 2.24) is 9.55 Å². The second-order valence-corrected chi connectivity index (χ2v) is 8.03. The molecule has 0 atom stereocenters. The lowest BCUT2D eigenvalue weighted by molar-refractivity contribution is -0.113. The quantitative estimate of drug-likeness (QED) is 0.476. The summed E-state index contributed by atoms with van der Waals surface area (Å²) in [6.07, 6.45) is 0.338. The number of carbonyl (C=O) groups is 1. The van der Waals surface area contributed by atoms with Gasteiger partial charge in [-0.2, -0.15) is 5.26 Å². The standard InChI is InChI=1S/C22H22N4O2S/c1-15(2)13-26-21(28)18-5-3-4-6-19(18)25-22(26)29-14-20(27)24-17-9-7-16(8-10-17)11-12-23/h3-10,15H,11,13-14H2,1-2H3,(H,24,27). The van der Waals surface area contributed by atoms with Gasteiger partial charge in [0.15, 0.2) is 5.16 Å². The maximum atomic E-state index is 12.9. The van der Waals surface area contributed by atoms with E-state index >= 15 is 0 Å². The van der Waals surface area contributed by atoms with E-state index in [9.17, 15) is 9.59 Å². The zero-order valence-corrected chi connectivity index (χ0v) is 17.2. The number of nitrogens with zero attached hydrogens (tertiary/aromatic N) is 3. The number of benzene rings is 2.